The van der Waals surface area contributed by atoms with Gasteiger partial charge in [-0.25, -0.2) is 9.37 Å². The number of aromatic nitrogens is 2. The molecule has 6 heteroatoms. The zero-order valence-electron chi connectivity index (χ0n) is 9.75. The molecule has 1 rings (SSSR count). The molecule has 0 saturated heterocycles. The fourth-order valence-corrected chi connectivity index (χ4v) is 1.06. The predicted octanol–water partition coefficient (Wildman–Crippen LogP) is 1.49. The summed E-state index contributed by atoms with van der Waals surface area (Å²) < 4.78 is 18.4. The van der Waals surface area contributed by atoms with E-state index in [1.807, 2.05) is 13.8 Å². The van der Waals surface area contributed by atoms with E-state index in [9.17, 15) is 4.39 Å². The molecular formula is C10H17FN4O. The minimum absolute atomic E-state index is 0.00282. The Bertz CT molecular complexity index is 335. The molecule has 0 aliphatic heterocycles. The highest BCUT2D eigenvalue weighted by Gasteiger charge is 2.07. The summed E-state index contributed by atoms with van der Waals surface area (Å²) in [6.45, 7) is 5.00. The highest BCUT2D eigenvalue weighted by molar-refractivity contribution is 5.40. The number of methoxy groups -OCH3 is 1. The average Bonchev–Trinajstić information content (AvgIpc) is 2.29. The molecule has 1 aromatic rings. The number of nitrogens with one attached hydrogen (secondary N) is 2. The lowest BCUT2D eigenvalue weighted by atomic mass is 10.4. The van der Waals surface area contributed by atoms with E-state index < -0.39 is 5.82 Å². The smallest absolute Gasteiger partial charge is 0.224 e. The fourth-order valence-electron chi connectivity index (χ4n) is 1.06. The van der Waals surface area contributed by atoms with Crippen LogP contribution in [-0.4, -0.2) is 36.3 Å². The first-order valence-electron chi connectivity index (χ1n) is 5.20. The number of halogens is 1. The van der Waals surface area contributed by atoms with Crippen molar-refractivity contribution in [1.29, 1.82) is 0 Å². The van der Waals surface area contributed by atoms with Gasteiger partial charge in [0.1, 0.15) is 0 Å². The summed E-state index contributed by atoms with van der Waals surface area (Å²) in [6, 6.07) is 0. The minimum atomic E-state index is -0.468. The van der Waals surface area contributed by atoms with Crippen LogP contribution in [0.4, 0.5) is 16.2 Å². The zero-order chi connectivity index (χ0) is 12.0. The minimum Gasteiger partial charge on any atom is -0.380 e. The molecule has 0 fully saturated rings. The van der Waals surface area contributed by atoms with Crippen LogP contribution < -0.4 is 10.6 Å². The van der Waals surface area contributed by atoms with Gasteiger partial charge in [-0.3, -0.25) is 0 Å². The molecule has 1 heterocycles. The van der Waals surface area contributed by atoms with Crippen molar-refractivity contribution in [2.75, 3.05) is 30.8 Å². The van der Waals surface area contributed by atoms with Crippen molar-refractivity contribution in [1.82, 2.24) is 9.97 Å². The lowest BCUT2D eigenvalue weighted by molar-refractivity contribution is 0.128. The zero-order valence-corrected chi connectivity index (χ0v) is 9.75. The average molecular weight is 228 g/mol. The van der Waals surface area contributed by atoms with Crippen molar-refractivity contribution in [2.24, 2.45) is 0 Å². The maximum absolute atomic E-state index is 13.3. The first-order valence-corrected chi connectivity index (χ1v) is 5.20. The van der Waals surface area contributed by atoms with Crippen LogP contribution >= 0.6 is 0 Å². The fraction of sp³-hybridized carbons (Fsp3) is 0.600. The van der Waals surface area contributed by atoms with Gasteiger partial charge >= 0.3 is 0 Å². The molecule has 1 atom stereocenters. The van der Waals surface area contributed by atoms with Crippen LogP contribution in [0.1, 0.15) is 13.8 Å². The number of rotatable bonds is 6. The van der Waals surface area contributed by atoms with Crippen molar-refractivity contribution in [3.8, 4) is 0 Å². The second-order valence-electron chi connectivity index (χ2n) is 3.35. The second-order valence-corrected chi connectivity index (χ2v) is 3.35. The number of nitrogens with zero attached hydrogens (tertiary/aromatic N) is 2. The molecule has 90 valence electrons. The van der Waals surface area contributed by atoms with Gasteiger partial charge in [0.05, 0.1) is 12.3 Å². The van der Waals surface area contributed by atoms with Crippen LogP contribution in [0.3, 0.4) is 0 Å². The Morgan fingerprint density at radius 3 is 2.88 bits per heavy atom. The van der Waals surface area contributed by atoms with Crippen LogP contribution in [0.5, 0.6) is 0 Å². The molecule has 5 nitrogen and oxygen atoms in total. The lowest BCUT2D eigenvalue weighted by Gasteiger charge is -2.12. The molecule has 2 N–H and O–H groups in total. The maximum Gasteiger partial charge on any atom is 0.224 e. The molecule has 0 amide bonds. The van der Waals surface area contributed by atoms with Crippen molar-refractivity contribution in [3.05, 3.63) is 12.0 Å². The van der Waals surface area contributed by atoms with Gasteiger partial charge in [-0.2, -0.15) is 4.98 Å². The van der Waals surface area contributed by atoms with Gasteiger partial charge in [0.2, 0.25) is 5.95 Å². The van der Waals surface area contributed by atoms with Gasteiger partial charge < -0.3 is 15.4 Å². The number of hydrogen-bond donors (Lipinski definition) is 2. The molecule has 1 unspecified atom stereocenters. The van der Waals surface area contributed by atoms with Gasteiger partial charge in [-0.05, 0) is 13.8 Å². The van der Waals surface area contributed by atoms with Crippen molar-refractivity contribution >= 4 is 11.8 Å². The van der Waals surface area contributed by atoms with Crippen molar-refractivity contribution < 1.29 is 9.13 Å². The highest BCUT2D eigenvalue weighted by Crippen LogP contribution is 2.11. The number of anilines is 2. The Balaban J connectivity index is 2.66. The first kappa shape index (κ1) is 12.6. The van der Waals surface area contributed by atoms with E-state index in [0.717, 1.165) is 6.20 Å². The van der Waals surface area contributed by atoms with Gasteiger partial charge in [0, 0.05) is 20.2 Å². The molecule has 1 aromatic heterocycles. The summed E-state index contributed by atoms with van der Waals surface area (Å²) >= 11 is 0. The third-order valence-electron chi connectivity index (χ3n) is 2.04. The molecule has 16 heavy (non-hydrogen) atoms. The van der Waals surface area contributed by atoms with Crippen LogP contribution in [0, 0.1) is 5.82 Å². The van der Waals surface area contributed by atoms with E-state index in [4.69, 9.17) is 4.74 Å². The van der Waals surface area contributed by atoms with Crippen LogP contribution in [0.25, 0.3) is 0 Å². The van der Waals surface area contributed by atoms with E-state index in [1.54, 1.807) is 7.11 Å². The van der Waals surface area contributed by atoms with Gasteiger partial charge in [-0.1, -0.05) is 0 Å². The number of ether oxygens (including phenoxy) is 1. The van der Waals surface area contributed by atoms with E-state index in [1.165, 1.54) is 0 Å². The van der Waals surface area contributed by atoms with E-state index >= 15 is 0 Å². The Kier molecular flexibility index (Phi) is 4.91. The molecule has 0 spiro atoms. The quantitative estimate of drug-likeness (QED) is 0.772. The molecule has 0 bridgehead atoms. The molecule has 0 aliphatic rings. The second kappa shape index (κ2) is 6.22. The molecule has 0 radical (unpaired) electrons. The van der Waals surface area contributed by atoms with Crippen molar-refractivity contribution in [2.45, 2.75) is 20.0 Å². The van der Waals surface area contributed by atoms with Gasteiger partial charge in [0.25, 0.3) is 0 Å². The third-order valence-corrected chi connectivity index (χ3v) is 2.04. The Morgan fingerprint density at radius 1 is 1.50 bits per heavy atom. The van der Waals surface area contributed by atoms with Gasteiger partial charge in [0.15, 0.2) is 11.6 Å². The molecule has 0 saturated carbocycles. The monoisotopic (exact) mass is 228 g/mol. The maximum atomic E-state index is 13.3. The molecule has 0 aliphatic carbocycles. The summed E-state index contributed by atoms with van der Waals surface area (Å²) in [5.41, 5.74) is 0. The summed E-state index contributed by atoms with van der Waals surface area (Å²) in [7, 11) is 1.60. The lowest BCUT2D eigenvalue weighted by Crippen LogP contribution is -2.19. The van der Waals surface area contributed by atoms with Gasteiger partial charge in [-0.15, -0.1) is 0 Å². The van der Waals surface area contributed by atoms with Crippen LogP contribution in [0.15, 0.2) is 6.20 Å². The first-order chi connectivity index (χ1) is 7.67. The van der Waals surface area contributed by atoms with E-state index in [0.29, 0.717) is 19.0 Å². The van der Waals surface area contributed by atoms with Crippen molar-refractivity contribution in [3.63, 3.8) is 0 Å². The standard InChI is InChI=1S/C10H17FN4O/c1-4-12-10-14-6-8(11)9(15-10)13-5-7(2)16-3/h6-7H,4-5H2,1-3H3,(H2,12,13,14,15). The van der Waals surface area contributed by atoms with Crippen LogP contribution in [0.2, 0.25) is 0 Å². The normalized spacial score (nSPS) is 12.2. The summed E-state index contributed by atoms with van der Waals surface area (Å²) in [5.74, 6) is 0.135. The SMILES string of the molecule is CCNc1ncc(F)c(NCC(C)OC)n1. The summed E-state index contributed by atoms with van der Waals surface area (Å²) in [5, 5.41) is 5.79. The summed E-state index contributed by atoms with van der Waals surface area (Å²) in [6.07, 6.45) is 1.14. The third kappa shape index (κ3) is 3.62. The number of hydrogen-bond acceptors (Lipinski definition) is 5. The van der Waals surface area contributed by atoms with E-state index in [2.05, 4.69) is 20.6 Å². The largest absolute Gasteiger partial charge is 0.380 e. The molecule has 0 aromatic carbocycles. The Hall–Kier alpha value is -1.43. The highest BCUT2D eigenvalue weighted by atomic mass is 19.1. The topological polar surface area (TPSA) is 59.1 Å². The Morgan fingerprint density at radius 2 is 2.25 bits per heavy atom. The van der Waals surface area contributed by atoms with E-state index in [-0.39, 0.29) is 11.9 Å². The Labute approximate surface area is 94.4 Å². The predicted molar refractivity (Wildman–Crippen MR) is 61.1 cm³/mol. The molecular weight excluding hydrogens is 211 g/mol. The van der Waals surface area contributed by atoms with Crippen LogP contribution in [-0.2, 0) is 4.74 Å². The summed E-state index contributed by atoms with van der Waals surface area (Å²) in [4.78, 5) is 7.81.